The number of likely N-dealkylation sites (N-methyl/N-ethyl adjacent to an activating group) is 2. The summed E-state index contributed by atoms with van der Waals surface area (Å²) in [4.78, 5) is 19.7. The molecule has 5 heteroatoms. The molecule has 0 unspecified atom stereocenters. The molecule has 0 aliphatic rings. The van der Waals surface area contributed by atoms with Crippen LogP contribution in [0.25, 0.3) is 0 Å². The molecule has 0 saturated carbocycles. The van der Waals surface area contributed by atoms with Gasteiger partial charge in [0.25, 0.3) is 0 Å². The van der Waals surface area contributed by atoms with Gasteiger partial charge in [0, 0.05) is 25.8 Å². The number of hydrogen-bond acceptors (Lipinski definition) is 3. The Balaban J connectivity index is 2.51. The van der Waals surface area contributed by atoms with Crippen LogP contribution in [0.3, 0.4) is 0 Å². The second-order valence-corrected chi connectivity index (χ2v) is 4.61. The lowest BCUT2D eigenvalue weighted by Gasteiger charge is -2.23. The van der Waals surface area contributed by atoms with Crippen molar-refractivity contribution in [1.29, 1.82) is 0 Å². The van der Waals surface area contributed by atoms with Gasteiger partial charge in [-0.25, -0.2) is 4.98 Å². The average molecular weight is 270 g/mol. The highest BCUT2D eigenvalue weighted by Gasteiger charge is 2.12. The number of aromatic nitrogens is 1. The van der Waals surface area contributed by atoms with Crippen molar-refractivity contribution in [2.75, 3.05) is 26.7 Å². The van der Waals surface area contributed by atoms with Crippen LogP contribution in [0.5, 0.6) is 0 Å². The maximum Gasteiger partial charge on any atom is 0.236 e. The third-order valence-corrected chi connectivity index (χ3v) is 2.97. The number of rotatable bonds is 6. The summed E-state index contributed by atoms with van der Waals surface area (Å²) in [5, 5.41) is 0.482. The van der Waals surface area contributed by atoms with Crippen LogP contribution in [0.15, 0.2) is 18.3 Å². The van der Waals surface area contributed by atoms with Gasteiger partial charge in [0.1, 0.15) is 5.15 Å². The van der Waals surface area contributed by atoms with Gasteiger partial charge < -0.3 is 4.90 Å². The summed E-state index contributed by atoms with van der Waals surface area (Å²) in [5.74, 6) is 0.155. The highest BCUT2D eigenvalue weighted by atomic mass is 35.5. The Morgan fingerprint density at radius 2 is 2.06 bits per heavy atom. The van der Waals surface area contributed by atoms with E-state index in [0.717, 1.165) is 18.7 Å². The lowest BCUT2D eigenvalue weighted by Crippen LogP contribution is -2.38. The van der Waals surface area contributed by atoms with Gasteiger partial charge in [-0.3, -0.25) is 9.69 Å². The van der Waals surface area contributed by atoms with E-state index in [1.165, 1.54) is 0 Å². The zero-order valence-electron chi connectivity index (χ0n) is 11.2. The van der Waals surface area contributed by atoms with Crippen molar-refractivity contribution in [2.24, 2.45) is 0 Å². The van der Waals surface area contributed by atoms with Gasteiger partial charge in [-0.15, -0.1) is 0 Å². The molecule has 100 valence electrons. The van der Waals surface area contributed by atoms with E-state index in [4.69, 9.17) is 11.6 Å². The van der Waals surface area contributed by atoms with Gasteiger partial charge in [0.05, 0.1) is 6.54 Å². The predicted octanol–water partition coefficient (Wildman–Crippen LogP) is 2.04. The minimum atomic E-state index is 0.155. The molecule has 0 saturated heterocycles. The first-order chi connectivity index (χ1) is 8.56. The van der Waals surface area contributed by atoms with Crippen LogP contribution in [0, 0.1) is 0 Å². The average Bonchev–Trinajstić information content (AvgIpc) is 2.30. The first kappa shape index (κ1) is 14.9. The van der Waals surface area contributed by atoms with Crippen LogP contribution in [-0.4, -0.2) is 47.4 Å². The second kappa shape index (κ2) is 7.34. The third-order valence-electron chi connectivity index (χ3n) is 2.76. The van der Waals surface area contributed by atoms with Crippen LogP contribution in [-0.2, 0) is 11.3 Å². The van der Waals surface area contributed by atoms with Gasteiger partial charge in [-0.2, -0.15) is 0 Å². The van der Waals surface area contributed by atoms with E-state index in [1.54, 1.807) is 6.20 Å². The van der Waals surface area contributed by atoms with Crippen LogP contribution < -0.4 is 0 Å². The van der Waals surface area contributed by atoms with Crippen LogP contribution in [0.1, 0.15) is 19.4 Å². The van der Waals surface area contributed by atoms with E-state index in [1.807, 2.05) is 42.8 Å². The molecule has 1 aromatic heterocycles. The highest BCUT2D eigenvalue weighted by Crippen LogP contribution is 2.09. The van der Waals surface area contributed by atoms with E-state index in [2.05, 4.69) is 4.98 Å². The lowest BCUT2D eigenvalue weighted by atomic mass is 10.2. The molecule has 0 N–H and O–H groups in total. The summed E-state index contributed by atoms with van der Waals surface area (Å²) < 4.78 is 0. The van der Waals surface area contributed by atoms with E-state index < -0.39 is 0 Å². The van der Waals surface area contributed by atoms with Crippen molar-refractivity contribution in [3.05, 3.63) is 29.0 Å². The fraction of sp³-hybridized carbons (Fsp3) is 0.538. The molecule has 0 aliphatic carbocycles. The highest BCUT2D eigenvalue weighted by molar-refractivity contribution is 6.29. The molecule has 0 atom stereocenters. The standard InChI is InChI=1S/C13H20ClN3O/c1-4-17(5-2)13(18)10-16(3)9-11-6-7-15-12(14)8-11/h6-8H,4-5,9-10H2,1-3H3. The summed E-state index contributed by atoms with van der Waals surface area (Å²) >= 11 is 5.82. The molecule has 0 spiro atoms. The second-order valence-electron chi connectivity index (χ2n) is 4.23. The molecule has 0 radical (unpaired) electrons. The Kier molecular flexibility index (Phi) is 6.09. The largest absolute Gasteiger partial charge is 0.342 e. The number of carbonyl (C=O) groups excluding carboxylic acids is 1. The van der Waals surface area contributed by atoms with E-state index in [9.17, 15) is 4.79 Å². The minimum Gasteiger partial charge on any atom is -0.342 e. The summed E-state index contributed by atoms with van der Waals surface area (Å²) in [6.45, 7) is 6.60. The van der Waals surface area contributed by atoms with Gasteiger partial charge in [0.15, 0.2) is 0 Å². The maximum absolute atomic E-state index is 11.9. The van der Waals surface area contributed by atoms with Gasteiger partial charge in [0.2, 0.25) is 5.91 Å². The summed E-state index contributed by atoms with van der Waals surface area (Å²) in [6.07, 6.45) is 1.68. The lowest BCUT2D eigenvalue weighted by molar-refractivity contribution is -0.131. The fourth-order valence-corrected chi connectivity index (χ4v) is 2.01. The zero-order valence-corrected chi connectivity index (χ0v) is 11.9. The number of carbonyl (C=O) groups is 1. The molecular formula is C13H20ClN3O. The molecule has 4 nitrogen and oxygen atoms in total. The van der Waals surface area contributed by atoms with Crippen molar-refractivity contribution >= 4 is 17.5 Å². The van der Waals surface area contributed by atoms with Crippen LogP contribution >= 0.6 is 11.6 Å². The topological polar surface area (TPSA) is 36.4 Å². The molecular weight excluding hydrogens is 250 g/mol. The molecule has 0 bridgehead atoms. The molecule has 1 heterocycles. The first-order valence-corrected chi connectivity index (χ1v) is 6.51. The molecule has 1 amide bonds. The van der Waals surface area contributed by atoms with E-state index in [0.29, 0.717) is 18.2 Å². The normalized spacial score (nSPS) is 10.7. The Morgan fingerprint density at radius 3 is 2.61 bits per heavy atom. The number of pyridine rings is 1. The van der Waals surface area contributed by atoms with Crippen molar-refractivity contribution in [3.63, 3.8) is 0 Å². The summed E-state index contributed by atoms with van der Waals surface area (Å²) in [5.41, 5.74) is 1.06. The van der Waals surface area contributed by atoms with E-state index >= 15 is 0 Å². The number of hydrogen-bond donors (Lipinski definition) is 0. The first-order valence-electron chi connectivity index (χ1n) is 6.13. The Hall–Kier alpha value is -1.13. The molecule has 1 aromatic rings. The quantitative estimate of drug-likeness (QED) is 0.742. The predicted molar refractivity (Wildman–Crippen MR) is 73.5 cm³/mol. The molecule has 18 heavy (non-hydrogen) atoms. The molecule has 0 fully saturated rings. The summed E-state index contributed by atoms with van der Waals surface area (Å²) in [7, 11) is 1.93. The van der Waals surface area contributed by atoms with Crippen molar-refractivity contribution in [3.8, 4) is 0 Å². The number of amides is 1. The molecule has 0 aromatic carbocycles. The molecule has 0 aliphatic heterocycles. The van der Waals surface area contributed by atoms with Crippen molar-refractivity contribution < 1.29 is 4.79 Å². The maximum atomic E-state index is 11.9. The zero-order chi connectivity index (χ0) is 13.5. The third kappa shape index (κ3) is 4.63. The number of halogens is 1. The summed E-state index contributed by atoms with van der Waals surface area (Å²) in [6, 6.07) is 3.73. The van der Waals surface area contributed by atoms with E-state index in [-0.39, 0.29) is 5.91 Å². The number of nitrogens with zero attached hydrogens (tertiary/aromatic N) is 3. The van der Waals surface area contributed by atoms with Gasteiger partial charge in [-0.1, -0.05) is 11.6 Å². The van der Waals surface area contributed by atoms with Crippen molar-refractivity contribution in [2.45, 2.75) is 20.4 Å². The van der Waals surface area contributed by atoms with Gasteiger partial charge >= 0.3 is 0 Å². The molecule has 1 rings (SSSR count). The van der Waals surface area contributed by atoms with Crippen molar-refractivity contribution in [1.82, 2.24) is 14.8 Å². The monoisotopic (exact) mass is 269 g/mol. The SMILES string of the molecule is CCN(CC)C(=O)CN(C)Cc1ccnc(Cl)c1. The Labute approximate surface area is 114 Å². The van der Waals surface area contributed by atoms with Crippen LogP contribution in [0.2, 0.25) is 5.15 Å². The van der Waals surface area contributed by atoms with Gasteiger partial charge in [-0.05, 0) is 38.6 Å². The minimum absolute atomic E-state index is 0.155. The smallest absolute Gasteiger partial charge is 0.236 e. The Morgan fingerprint density at radius 1 is 1.39 bits per heavy atom. The van der Waals surface area contributed by atoms with Crippen LogP contribution in [0.4, 0.5) is 0 Å². The fourth-order valence-electron chi connectivity index (χ4n) is 1.82. The Bertz CT molecular complexity index is 394.